The highest BCUT2D eigenvalue weighted by Crippen LogP contribution is 2.31. The molecule has 0 radical (unpaired) electrons. The van der Waals surface area contributed by atoms with Gasteiger partial charge in [0, 0.05) is 17.9 Å². The second-order valence-electron chi connectivity index (χ2n) is 7.52. The van der Waals surface area contributed by atoms with E-state index in [4.69, 9.17) is 0 Å². The van der Waals surface area contributed by atoms with Crippen LogP contribution in [-0.2, 0) is 15.3 Å². The number of rotatable bonds is 5. The molecule has 2 heterocycles. The number of aromatic nitrogens is 2. The number of benzene rings is 2. The van der Waals surface area contributed by atoms with Gasteiger partial charge in [-0.25, -0.2) is 4.98 Å². The number of H-pyrrole nitrogens is 1. The van der Waals surface area contributed by atoms with Crippen LogP contribution in [0.4, 0.5) is 11.5 Å². The molecule has 3 aromatic rings. The molecular formula is C23H22N4O3S. The number of thioether (sulfide) groups is 1. The van der Waals surface area contributed by atoms with Crippen molar-refractivity contribution in [2.24, 2.45) is 0 Å². The second kappa shape index (κ2) is 8.77. The Balaban J connectivity index is 1.58. The van der Waals surface area contributed by atoms with Crippen molar-refractivity contribution in [3.05, 3.63) is 81.1 Å². The molecule has 2 aromatic carbocycles. The van der Waals surface area contributed by atoms with Gasteiger partial charge in [-0.2, -0.15) is 0 Å². The van der Waals surface area contributed by atoms with Gasteiger partial charge in [0.25, 0.3) is 5.56 Å². The van der Waals surface area contributed by atoms with Gasteiger partial charge in [-0.15, -0.1) is 0 Å². The molecule has 3 N–H and O–H groups in total. The molecule has 8 heteroatoms. The van der Waals surface area contributed by atoms with E-state index in [1.165, 1.54) is 11.8 Å². The van der Waals surface area contributed by atoms with Crippen LogP contribution in [0.3, 0.4) is 0 Å². The van der Waals surface area contributed by atoms with Crippen LogP contribution in [0.25, 0.3) is 0 Å². The third-order valence-corrected chi connectivity index (χ3v) is 6.05. The van der Waals surface area contributed by atoms with E-state index in [0.29, 0.717) is 16.6 Å². The maximum atomic E-state index is 12.9. The summed E-state index contributed by atoms with van der Waals surface area (Å²) in [5.74, 6) is -0.885. The van der Waals surface area contributed by atoms with E-state index in [9.17, 15) is 14.4 Å². The molecule has 1 aliphatic rings. The van der Waals surface area contributed by atoms with Crippen LogP contribution in [0, 0.1) is 13.8 Å². The minimum Gasteiger partial charge on any atom is -0.325 e. The Morgan fingerprint density at radius 1 is 1.16 bits per heavy atom. The number of para-hydroxylation sites is 1. The van der Waals surface area contributed by atoms with Crippen LogP contribution in [0.1, 0.15) is 34.6 Å². The largest absolute Gasteiger partial charge is 0.325 e. The third-order valence-electron chi connectivity index (χ3n) is 5.11. The SMILES string of the molecule is Cc1cccc(CSc2nc3c(c(=O)[nH]2)C(C(=O)Nc2ccccc2C)CC(=O)N3)c1. The zero-order valence-electron chi connectivity index (χ0n) is 17.2. The molecule has 1 unspecified atom stereocenters. The molecule has 7 nitrogen and oxygen atoms in total. The minimum absolute atomic E-state index is 0.106. The molecule has 0 spiro atoms. The van der Waals surface area contributed by atoms with Crippen molar-refractivity contribution in [1.82, 2.24) is 9.97 Å². The number of aryl methyl sites for hydroxylation is 2. The van der Waals surface area contributed by atoms with E-state index < -0.39 is 17.4 Å². The predicted molar refractivity (Wildman–Crippen MR) is 121 cm³/mol. The number of anilines is 2. The van der Waals surface area contributed by atoms with Gasteiger partial charge in [-0.3, -0.25) is 14.4 Å². The average Bonchev–Trinajstić information content (AvgIpc) is 2.73. The Hall–Kier alpha value is -3.39. The first-order chi connectivity index (χ1) is 14.9. The van der Waals surface area contributed by atoms with Gasteiger partial charge >= 0.3 is 0 Å². The summed E-state index contributed by atoms with van der Waals surface area (Å²) in [5, 5.41) is 5.87. The van der Waals surface area contributed by atoms with Gasteiger partial charge in [0.2, 0.25) is 11.8 Å². The highest BCUT2D eigenvalue weighted by molar-refractivity contribution is 7.98. The predicted octanol–water partition coefficient (Wildman–Crippen LogP) is 3.74. The number of nitrogens with zero attached hydrogens (tertiary/aromatic N) is 1. The Morgan fingerprint density at radius 2 is 1.97 bits per heavy atom. The van der Waals surface area contributed by atoms with Crippen molar-refractivity contribution in [2.75, 3.05) is 10.6 Å². The third kappa shape index (κ3) is 4.69. The Bertz CT molecular complexity index is 1220. The van der Waals surface area contributed by atoms with Crippen LogP contribution in [0.2, 0.25) is 0 Å². The number of aromatic amines is 1. The maximum Gasteiger partial charge on any atom is 0.257 e. The Kier molecular flexibility index (Phi) is 5.90. The Morgan fingerprint density at radius 3 is 2.74 bits per heavy atom. The summed E-state index contributed by atoms with van der Waals surface area (Å²) in [6.07, 6.45) is -0.106. The number of amides is 2. The number of carbonyl (C=O) groups excluding carboxylic acids is 2. The number of nitrogens with one attached hydrogen (secondary N) is 3. The summed E-state index contributed by atoms with van der Waals surface area (Å²) in [6.45, 7) is 3.90. The standard InChI is InChI=1S/C23H22N4O3S/c1-13-6-5-8-15(10-13)12-31-23-26-20-19(22(30)27-23)16(11-18(28)25-20)21(29)24-17-9-4-3-7-14(17)2/h3-10,16H,11-12H2,1-2H3,(H,24,29)(H2,25,26,27,28,30). The van der Waals surface area contributed by atoms with Gasteiger partial charge in [-0.1, -0.05) is 59.8 Å². The molecule has 0 bridgehead atoms. The molecule has 2 amide bonds. The van der Waals surface area contributed by atoms with E-state index in [0.717, 1.165) is 16.7 Å². The molecule has 0 saturated heterocycles. The molecule has 1 aliphatic heterocycles. The van der Waals surface area contributed by atoms with Crippen molar-refractivity contribution in [1.29, 1.82) is 0 Å². The van der Waals surface area contributed by atoms with Crippen LogP contribution in [0.15, 0.2) is 58.5 Å². The summed E-state index contributed by atoms with van der Waals surface area (Å²) in [5.41, 5.74) is 3.57. The second-order valence-corrected chi connectivity index (χ2v) is 8.48. The number of hydrogen-bond acceptors (Lipinski definition) is 5. The number of hydrogen-bond donors (Lipinski definition) is 3. The molecule has 0 saturated carbocycles. The summed E-state index contributed by atoms with van der Waals surface area (Å²) >= 11 is 1.37. The van der Waals surface area contributed by atoms with Gasteiger partial charge < -0.3 is 15.6 Å². The van der Waals surface area contributed by atoms with Crippen molar-refractivity contribution < 1.29 is 9.59 Å². The monoisotopic (exact) mass is 434 g/mol. The summed E-state index contributed by atoms with van der Waals surface area (Å²) in [7, 11) is 0. The molecule has 0 fully saturated rings. The lowest BCUT2D eigenvalue weighted by Crippen LogP contribution is -2.36. The fraction of sp³-hybridized carbons (Fsp3) is 0.217. The first-order valence-electron chi connectivity index (χ1n) is 9.89. The zero-order chi connectivity index (χ0) is 22.0. The van der Waals surface area contributed by atoms with E-state index in [2.05, 4.69) is 26.7 Å². The fourth-order valence-electron chi connectivity index (χ4n) is 3.53. The molecule has 1 aromatic heterocycles. The average molecular weight is 435 g/mol. The van der Waals surface area contributed by atoms with Gasteiger partial charge in [0.15, 0.2) is 5.16 Å². The lowest BCUT2D eigenvalue weighted by molar-refractivity contribution is -0.123. The van der Waals surface area contributed by atoms with E-state index in [1.54, 1.807) is 6.07 Å². The first kappa shape index (κ1) is 20.9. The van der Waals surface area contributed by atoms with Gasteiger partial charge in [0.1, 0.15) is 5.82 Å². The van der Waals surface area contributed by atoms with Crippen LogP contribution in [0.5, 0.6) is 0 Å². The summed E-state index contributed by atoms with van der Waals surface area (Å²) in [6, 6.07) is 15.4. The fourth-order valence-corrected chi connectivity index (χ4v) is 4.33. The van der Waals surface area contributed by atoms with E-state index >= 15 is 0 Å². The molecule has 0 aliphatic carbocycles. The molecule has 4 rings (SSSR count). The molecule has 158 valence electrons. The van der Waals surface area contributed by atoms with Gasteiger partial charge in [-0.05, 0) is 31.0 Å². The molecule has 1 atom stereocenters. The van der Waals surface area contributed by atoms with Crippen LogP contribution >= 0.6 is 11.8 Å². The Labute approximate surface area is 183 Å². The lowest BCUT2D eigenvalue weighted by Gasteiger charge is -2.23. The summed E-state index contributed by atoms with van der Waals surface area (Å²) in [4.78, 5) is 45.2. The van der Waals surface area contributed by atoms with Crippen LogP contribution in [-0.4, -0.2) is 21.8 Å². The zero-order valence-corrected chi connectivity index (χ0v) is 18.0. The maximum absolute atomic E-state index is 12.9. The normalized spacial score (nSPS) is 15.2. The first-order valence-corrected chi connectivity index (χ1v) is 10.9. The lowest BCUT2D eigenvalue weighted by atomic mass is 9.92. The minimum atomic E-state index is -0.907. The van der Waals surface area contributed by atoms with Crippen molar-refractivity contribution in [3.63, 3.8) is 0 Å². The van der Waals surface area contributed by atoms with Crippen molar-refractivity contribution in [3.8, 4) is 0 Å². The van der Waals surface area contributed by atoms with Crippen LogP contribution < -0.4 is 16.2 Å². The summed E-state index contributed by atoms with van der Waals surface area (Å²) < 4.78 is 0. The number of carbonyl (C=O) groups is 2. The highest BCUT2D eigenvalue weighted by atomic mass is 32.2. The van der Waals surface area contributed by atoms with Crippen molar-refractivity contribution >= 4 is 35.1 Å². The van der Waals surface area contributed by atoms with Gasteiger partial charge in [0.05, 0.1) is 11.5 Å². The van der Waals surface area contributed by atoms with E-state index in [-0.39, 0.29) is 23.7 Å². The van der Waals surface area contributed by atoms with Crippen molar-refractivity contribution in [2.45, 2.75) is 37.1 Å². The smallest absolute Gasteiger partial charge is 0.257 e. The quantitative estimate of drug-likeness (QED) is 0.419. The highest BCUT2D eigenvalue weighted by Gasteiger charge is 2.34. The number of fused-ring (bicyclic) bond motifs is 1. The topological polar surface area (TPSA) is 104 Å². The molecule has 31 heavy (non-hydrogen) atoms. The molecular weight excluding hydrogens is 412 g/mol. The van der Waals surface area contributed by atoms with E-state index in [1.807, 2.05) is 50.2 Å².